The molecule has 4 rings (SSSR count). The molecule has 1 unspecified atom stereocenters. The van der Waals surface area contributed by atoms with Gasteiger partial charge in [-0.2, -0.15) is 18.3 Å². The average Bonchev–Trinajstić information content (AvgIpc) is 3.52. The molecule has 2 aliphatic rings. The number of carbonyl (C=O) groups is 1. The first-order chi connectivity index (χ1) is 15.1. The number of alkyl halides is 3. The van der Waals surface area contributed by atoms with Crippen molar-refractivity contribution < 1.29 is 26.7 Å². The molecule has 0 N–H and O–H groups in total. The number of benzene rings is 1. The number of rotatable bonds is 5. The molecule has 2 aromatic rings. The molecule has 0 bridgehead atoms. The molecule has 5 nitrogen and oxygen atoms in total. The Morgan fingerprint density at radius 3 is 2.44 bits per heavy atom. The van der Waals surface area contributed by atoms with Gasteiger partial charge in [0, 0.05) is 44.2 Å². The summed E-state index contributed by atoms with van der Waals surface area (Å²) >= 11 is 3.05. The molecule has 1 atom stereocenters. The van der Waals surface area contributed by atoms with Gasteiger partial charge in [-0.1, -0.05) is 12.1 Å². The first-order valence-electron chi connectivity index (χ1n) is 10.4. The van der Waals surface area contributed by atoms with Crippen LogP contribution in [0.4, 0.5) is 22.0 Å². The number of piperazine rings is 1. The first-order valence-corrected chi connectivity index (χ1v) is 11.2. The highest BCUT2D eigenvalue weighted by molar-refractivity contribution is 9.10. The van der Waals surface area contributed by atoms with Crippen LogP contribution in [0.1, 0.15) is 48.7 Å². The Kier molecular flexibility index (Phi) is 6.32. The lowest BCUT2D eigenvalue weighted by molar-refractivity contribution is -0.143. The summed E-state index contributed by atoms with van der Waals surface area (Å²) in [6.45, 7) is 3.35. The SMILES string of the molecule is CC(C(=O)N1CCN(Cc2cccc(F)c2F)CC1)n1nc(C(F)(F)F)c(Br)c1C1CC1. The quantitative estimate of drug-likeness (QED) is 0.535. The molecule has 174 valence electrons. The maximum Gasteiger partial charge on any atom is 0.436 e. The van der Waals surface area contributed by atoms with Gasteiger partial charge < -0.3 is 4.90 Å². The molecule has 2 fully saturated rings. The molecule has 1 saturated carbocycles. The van der Waals surface area contributed by atoms with Crippen LogP contribution in [0.5, 0.6) is 0 Å². The van der Waals surface area contributed by atoms with Crippen molar-refractivity contribution in [2.45, 2.75) is 44.4 Å². The zero-order valence-electron chi connectivity index (χ0n) is 17.3. The Hall–Kier alpha value is -2.01. The minimum Gasteiger partial charge on any atom is -0.338 e. The van der Waals surface area contributed by atoms with Gasteiger partial charge in [0.25, 0.3) is 0 Å². The Bertz CT molecular complexity index is 1010. The third-order valence-corrected chi connectivity index (χ3v) is 6.74. The van der Waals surface area contributed by atoms with E-state index in [0.717, 1.165) is 18.9 Å². The minimum absolute atomic E-state index is 0.0405. The van der Waals surface area contributed by atoms with E-state index in [2.05, 4.69) is 21.0 Å². The third-order valence-electron chi connectivity index (χ3n) is 5.95. The topological polar surface area (TPSA) is 41.4 Å². The molecule has 0 spiro atoms. The van der Waals surface area contributed by atoms with Crippen LogP contribution in [0.15, 0.2) is 22.7 Å². The number of carbonyl (C=O) groups excluding carboxylic acids is 1. The summed E-state index contributed by atoms with van der Waals surface area (Å²) in [5.74, 6) is -2.13. The Labute approximate surface area is 190 Å². The lowest BCUT2D eigenvalue weighted by Crippen LogP contribution is -2.50. The molecule has 2 heterocycles. The van der Waals surface area contributed by atoms with Gasteiger partial charge in [0.15, 0.2) is 17.3 Å². The molecule has 1 amide bonds. The van der Waals surface area contributed by atoms with E-state index in [1.54, 1.807) is 11.8 Å². The lowest BCUT2D eigenvalue weighted by Gasteiger charge is -2.36. The minimum atomic E-state index is -4.62. The summed E-state index contributed by atoms with van der Waals surface area (Å²) in [5, 5.41) is 3.76. The summed E-state index contributed by atoms with van der Waals surface area (Å²) < 4.78 is 68.6. The molecule has 32 heavy (non-hydrogen) atoms. The molecule has 1 saturated heterocycles. The number of nitrogens with zero attached hydrogens (tertiary/aromatic N) is 4. The number of aromatic nitrogens is 2. The van der Waals surface area contributed by atoms with Crippen LogP contribution in [-0.2, 0) is 17.5 Å². The van der Waals surface area contributed by atoms with Gasteiger partial charge in [-0.15, -0.1) is 0 Å². The van der Waals surface area contributed by atoms with Gasteiger partial charge in [-0.25, -0.2) is 8.78 Å². The highest BCUT2D eigenvalue weighted by Gasteiger charge is 2.43. The van der Waals surface area contributed by atoms with Gasteiger partial charge in [0.2, 0.25) is 5.91 Å². The first kappa shape index (κ1) is 23.2. The second kappa shape index (κ2) is 8.74. The Morgan fingerprint density at radius 1 is 1.19 bits per heavy atom. The predicted molar refractivity (Wildman–Crippen MR) is 110 cm³/mol. The normalized spacial score (nSPS) is 18.8. The zero-order valence-corrected chi connectivity index (χ0v) is 18.9. The standard InChI is InChI=1S/C21H22BrF5N4O/c1-12(31-18(13-5-6-13)16(22)19(28-31)21(25,26)27)20(32)30-9-7-29(8-10-30)11-14-3-2-4-15(23)17(14)24/h2-4,12-13H,5-11H2,1H3. The van der Waals surface area contributed by atoms with Gasteiger partial charge in [0.1, 0.15) is 6.04 Å². The third kappa shape index (κ3) is 4.54. The van der Waals surface area contributed by atoms with Crippen LogP contribution < -0.4 is 0 Å². The molecule has 1 aromatic carbocycles. The molecule has 0 radical (unpaired) electrons. The van der Waals surface area contributed by atoms with Crippen LogP contribution in [0.2, 0.25) is 0 Å². The number of hydrogen-bond acceptors (Lipinski definition) is 3. The predicted octanol–water partition coefficient (Wildman–Crippen LogP) is 4.73. The monoisotopic (exact) mass is 520 g/mol. The van der Waals surface area contributed by atoms with Crippen molar-refractivity contribution in [3.63, 3.8) is 0 Å². The van der Waals surface area contributed by atoms with Crippen molar-refractivity contribution >= 4 is 21.8 Å². The Morgan fingerprint density at radius 2 is 1.84 bits per heavy atom. The van der Waals surface area contributed by atoms with Crippen LogP contribution in [-0.4, -0.2) is 51.7 Å². The van der Waals surface area contributed by atoms with E-state index >= 15 is 0 Å². The van der Waals surface area contributed by atoms with Gasteiger partial charge >= 0.3 is 6.18 Å². The van der Waals surface area contributed by atoms with E-state index in [4.69, 9.17) is 0 Å². The van der Waals surface area contributed by atoms with Crippen LogP contribution in [0, 0.1) is 11.6 Å². The molecular formula is C21H22BrF5N4O. The van der Waals surface area contributed by atoms with E-state index in [1.807, 2.05) is 4.90 Å². The maximum atomic E-state index is 13.9. The fourth-order valence-electron chi connectivity index (χ4n) is 4.03. The van der Waals surface area contributed by atoms with Crippen molar-refractivity contribution in [1.82, 2.24) is 19.6 Å². The van der Waals surface area contributed by atoms with Gasteiger partial charge in [-0.05, 0) is 41.8 Å². The van der Waals surface area contributed by atoms with E-state index in [9.17, 15) is 26.7 Å². The zero-order chi connectivity index (χ0) is 23.2. The second-order valence-electron chi connectivity index (χ2n) is 8.25. The molecular weight excluding hydrogens is 499 g/mol. The lowest BCUT2D eigenvalue weighted by atomic mass is 10.1. The largest absolute Gasteiger partial charge is 0.436 e. The smallest absolute Gasteiger partial charge is 0.338 e. The molecule has 1 aliphatic heterocycles. The summed E-state index contributed by atoms with van der Waals surface area (Å²) in [7, 11) is 0. The molecule has 1 aliphatic carbocycles. The fourth-order valence-corrected chi connectivity index (χ4v) is 4.84. The van der Waals surface area contributed by atoms with E-state index in [1.165, 1.54) is 16.8 Å². The van der Waals surface area contributed by atoms with Crippen LogP contribution in [0.3, 0.4) is 0 Å². The van der Waals surface area contributed by atoms with Crippen LogP contribution in [0.25, 0.3) is 0 Å². The van der Waals surface area contributed by atoms with E-state index < -0.39 is 29.5 Å². The summed E-state index contributed by atoms with van der Waals surface area (Å²) in [5.41, 5.74) is -0.354. The van der Waals surface area contributed by atoms with Crippen LogP contribution >= 0.6 is 15.9 Å². The van der Waals surface area contributed by atoms with E-state index in [0.29, 0.717) is 31.9 Å². The fraction of sp³-hybridized carbons (Fsp3) is 0.524. The van der Waals surface area contributed by atoms with E-state index in [-0.39, 0.29) is 28.4 Å². The average molecular weight is 521 g/mol. The number of hydrogen-bond donors (Lipinski definition) is 0. The van der Waals surface area contributed by atoms with Gasteiger partial charge in [0.05, 0.1) is 10.2 Å². The molecule has 11 heteroatoms. The summed E-state index contributed by atoms with van der Waals surface area (Å²) in [6, 6.07) is 3.14. The van der Waals surface area contributed by atoms with Crippen molar-refractivity contribution in [1.29, 1.82) is 0 Å². The number of halogens is 6. The van der Waals surface area contributed by atoms with Crippen molar-refractivity contribution in [3.05, 3.63) is 51.3 Å². The molecule has 1 aromatic heterocycles. The van der Waals surface area contributed by atoms with Crippen molar-refractivity contribution in [2.24, 2.45) is 0 Å². The Balaban J connectivity index is 1.44. The second-order valence-corrected chi connectivity index (χ2v) is 9.05. The number of amides is 1. The van der Waals surface area contributed by atoms with Crippen molar-refractivity contribution in [3.8, 4) is 0 Å². The summed E-state index contributed by atoms with van der Waals surface area (Å²) in [4.78, 5) is 16.6. The highest BCUT2D eigenvalue weighted by Crippen LogP contribution is 2.47. The highest BCUT2D eigenvalue weighted by atomic mass is 79.9. The maximum absolute atomic E-state index is 13.9. The van der Waals surface area contributed by atoms with Gasteiger partial charge in [-0.3, -0.25) is 14.4 Å². The van der Waals surface area contributed by atoms with Crippen molar-refractivity contribution in [2.75, 3.05) is 26.2 Å². The summed E-state index contributed by atoms with van der Waals surface area (Å²) in [6.07, 6.45) is -3.09.